The van der Waals surface area contributed by atoms with Gasteiger partial charge < -0.3 is 4.42 Å². The maximum atomic E-state index is 6.06. The first-order chi connectivity index (χ1) is 15.9. The molecule has 6 rings (SSSR count). The van der Waals surface area contributed by atoms with Crippen LogP contribution in [0.3, 0.4) is 0 Å². The van der Waals surface area contributed by atoms with Crippen LogP contribution in [0, 0.1) is 12.8 Å². The molecule has 0 bridgehead atoms. The van der Waals surface area contributed by atoms with E-state index in [4.69, 9.17) is 9.40 Å². The molecule has 3 heterocycles. The SMILES string of the molecule is Cc1cc2c(C3=CC4C=CC=CC4S3)cc(-c3cc(C(C)(C)C)c4ccccc4c3)nc2o1. The molecule has 164 valence electrons. The molecule has 2 aromatic heterocycles. The van der Waals surface area contributed by atoms with Gasteiger partial charge in [-0.2, -0.15) is 0 Å². The third-order valence-corrected chi connectivity index (χ3v) is 7.94. The zero-order valence-electron chi connectivity index (χ0n) is 19.4. The van der Waals surface area contributed by atoms with Crippen LogP contribution in [0.4, 0.5) is 0 Å². The summed E-state index contributed by atoms with van der Waals surface area (Å²) in [5.74, 6) is 1.34. The first-order valence-electron chi connectivity index (χ1n) is 11.6. The van der Waals surface area contributed by atoms with Crippen molar-refractivity contribution in [1.29, 1.82) is 0 Å². The summed E-state index contributed by atoms with van der Waals surface area (Å²) in [6.45, 7) is 8.83. The second-order valence-electron chi connectivity index (χ2n) is 10.1. The van der Waals surface area contributed by atoms with E-state index in [0.717, 1.165) is 22.4 Å². The predicted octanol–water partition coefficient (Wildman–Crippen LogP) is 8.45. The third kappa shape index (κ3) is 3.55. The van der Waals surface area contributed by atoms with E-state index in [2.05, 4.69) is 99.7 Å². The maximum absolute atomic E-state index is 6.06. The smallest absolute Gasteiger partial charge is 0.227 e. The van der Waals surface area contributed by atoms with Crippen LogP contribution in [0.5, 0.6) is 0 Å². The van der Waals surface area contributed by atoms with Crippen LogP contribution >= 0.6 is 11.8 Å². The van der Waals surface area contributed by atoms with Gasteiger partial charge in [-0.05, 0) is 52.9 Å². The van der Waals surface area contributed by atoms with E-state index in [1.165, 1.54) is 26.8 Å². The minimum absolute atomic E-state index is 0.0298. The number of hydrogen-bond acceptors (Lipinski definition) is 3. The molecule has 33 heavy (non-hydrogen) atoms. The van der Waals surface area contributed by atoms with Crippen molar-refractivity contribution in [2.45, 2.75) is 38.4 Å². The van der Waals surface area contributed by atoms with Crippen LogP contribution in [0.25, 0.3) is 38.0 Å². The van der Waals surface area contributed by atoms with E-state index in [1.54, 1.807) is 0 Å². The van der Waals surface area contributed by atoms with Gasteiger partial charge in [0.25, 0.3) is 0 Å². The van der Waals surface area contributed by atoms with Crippen molar-refractivity contribution >= 4 is 38.5 Å². The Morgan fingerprint density at radius 1 is 0.939 bits per heavy atom. The minimum Gasteiger partial charge on any atom is -0.443 e. The quantitative estimate of drug-likeness (QED) is 0.307. The van der Waals surface area contributed by atoms with Crippen molar-refractivity contribution < 1.29 is 4.42 Å². The summed E-state index contributed by atoms with van der Waals surface area (Å²) in [4.78, 5) is 6.30. The molecule has 2 atom stereocenters. The highest BCUT2D eigenvalue weighted by atomic mass is 32.2. The highest BCUT2D eigenvalue weighted by molar-refractivity contribution is 8.09. The van der Waals surface area contributed by atoms with Gasteiger partial charge in [-0.25, -0.2) is 4.98 Å². The van der Waals surface area contributed by atoms with E-state index >= 15 is 0 Å². The molecule has 1 aliphatic heterocycles. The van der Waals surface area contributed by atoms with E-state index < -0.39 is 0 Å². The van der Waals surface area contributed by atoms with Crippen LogP contribution in [0.15, 0.2) is 83.3 Å². The van der Waals surface area contributed by atoms with Gasteiger partial charge in [0.2, 0.25) is 5.71 Å². The largest absolute Gasteiger partial charge is 0.443 e. The van der Waals surface area contributed by atoms with Crippen LogP contribution in [0.1, 0.15) is 37.7 Å². The normalized spacial score (nSPS) is 19.9. The van der Waals surface area contributed by atoms with Crippen LogP contribution < -0.4 is 0 Å². The Morgan fingerprint density at radius 3 is 2.58 bits per heavy atom. The number of aryl methyl sites for hydroxylation is 1. The molecule has 2 unspecified atom stereocenters. The lowest BCUT2D eigenvalue weighted by Crippen LogP contribution is -2.12. The molecule has 0 N–H and O–H groups in total. The van der Waals surface area contributed by atoms with Gasteiger partial charge in [0.15, 0.2) is 0 Å². The Morgan fingerprint density at radius 2 is 1.76 bits per heavy atom. The fourth-order valence-electron chi connectivity index (χ4n) is 4.95. The Bertz CT molecular complexity index is 1500. The number of thioether (sulfide) groups is 1. The Labute approximate surface area is 199 Å². The van der Waals surface area contributed by atoms with Gasteiger partial charge in [0, 0.05) is 32.6 Å². The molecule has 0 saturated heterocycles. The zero-order valence-corrected chi connectivity index (χ0v) is 20.2. The van der Waals surface area contributed by atoms with E-state index in [0.29, 0.717) is 16.9 Å². The van der Waals surface area contributed by atoms with Crippen molar-refractivity contribution in [3.8, 4) is 11.3 Å². The van der Waals surface area contributed by atoms with Gasteiger partial charge >= 0.3 is 0 Å². The van der Waals surface area contributed by atoms with Crippen molar-refractivity contribution in [1.82, 2.24) is 4.98 Å². The second-order valence-corrected chi connectivity index (χ2v) is 11.3. The molecule has 0 saturated carbocycles. The first kappa shape index (κ1) is 20.6. The summed E-state index contributed by atoms with van der Waals surface area (Å²) in [6, 6.07) is 17.6. The average molecular weight is 450 g/mol. The lowest BCUT2D eigenvalue weighted by Gasteiger charge is -2.23. The maximum Gasteiger partial charge on any atom is 0.227 e. The molecular weight excluding hydrogens is 422 g/mol. The van der Waals surface area contributed by atoms with Gasteiger partial charge in [-0.1, -0.05) is 75.4 Å². The number of rotatable bonds is 2. The zero-order chi connectivity index (χ0) is 22.7. The van der Waals surface area contributed by atoms with E-state index in [-0.39, 0.29) is 5.41 Å². The molecule has 3 heteroatoms. The van der Waals surface area contributed by atoms with E-state index in [9.17, 15) is 0 Å². The van der Waals surface area contributed by atoms with Crippen LogP contribution in [-0.4, -0.2) is 10.2 Å². The molecule has 4 aromatic rings. The third-order valence-electron chi connectivity index (χ3n) is 6.59. The molecule has 2 aromatic carbocycles. The molecule has 2 aliphatic rings. The second kappa shape index (κ2) is 7.50. The standard InChI is InChI=1S/C30H27NOS/c1-18-13-24-23(28-16-20-10-6-8-12-27(20)33-28)17-26(31-29(24)32-18)21-14-19-9-5-7-11-22(19)25(15-21)30(2,3)4/h5-17,20,27H,1-4H3. The van der Waals surface area contributed by atoms with Crippen molar-refractivity contribution in [3.63, 3.8) is 0 Å². The number of nitrogens with zero attached hydrogens (tertiary/aromatic N) is 1. The lowest BCUT2D eigenvalue weighted by molar-refractivity contribution is 0.568. The highest BCUT2D eigenvalue weighted by Crippen LogP contribution is 2.47. The summed E-state index contributed by atoms with van der Waals surface area (Å²) >= 11 is 1.94. The van der Waals surface area contributed by atoms with Crippen molar-refractivity contribution in [3.05, 3.63) is 95.8 Å². The molecule has 0 spiro atoms. The van der Waals surface area contributed by atoms with Crippen LogP contribution in [-0.2, 0) is 5.41 Å². The minimum atomic E-state index is 0.0298. The predicted molar refractivity (Wildman–Crippen MR) is 142 cm³/mol. The summed E-state index contributed by atoms with van der Waals surface area (Å²) < 4.78 is 6.06. The van der Waals surface area contributed by atoms with Gasteiger partial charge in [0.1, 0.15) is 5.76 Å². The number of benzene rings is 2. The topological polar surface area (TPSA) is 26.0 Å². The first-order valence-corrected chi connectivity index (χ1v) is 12.4. The highest BCUT2D eigenvalue weighted by Gasteiger charge is 2.28. The number of allylic oxidation sites excluding steroid dienone is 4. The van der Waals surface area contributed by atoms with Crippen molar-refractivity contribution in [2.24, 2.45) is 5.92 Å². The Hall–Kier alpha value is -3.04. The monoisotopic (exact) mass is 449 g/mol. The number of aromatic nitrogens is 1. The molecular formula is C30H27NOS. The molecule has 0 amide bonds. The lowest BCUT2D eigenvalue weighted by atomic mass is 9.82. The summed E-state index contributed by atoms with van der Waals surface area (Å²) in [6.07, 6.45) is 11.3. The van der Waals surface area contributed by atoms with Gasteiger partial charge in [0.05, 0.1) is 5.69 Å². The fourth-order valence-corrected chi connectivity index (χ4v) is 6.27. The Balaban J connectivity index is 1.57. The average Bonchev–Trinajstić information content (AvgIpc) is 3.39. The van der Waals surface area contributed by atoms with Gasteiger partial charge in [-0.3, -0.25) is 0 Å². The Kier molecular flexibility index (Phi) is 4.67. The number of furan rings is 1. The summed E-state index contributed by atoms with van der Waals surface area (Å²) in [5.41, 5.74) is 5.40. The molecule has 0 fully saturated rings. The number of hydrogen-bond donors (Lipinski definition) is 0. The molecule has 1 aliphatic carbocycles. The van der Waals surface area contributed by atoms with E-state index in [1.807, 2.05) is 18.7 Å². The molecule has 0 radical (unpaired) electrons. The van der Waals surface area contributed by atoms with Crippen molar-refractivity contribution in [2.75, 3.05) is 0 Å². The van der Waals surface area contributed by atoms with Gasteiger partial charge in [-0.15, -0.1) is 11.8 Å². The number of fused-ring (bicyclic) bond motifs is 3. The van der Waals surface area contributed by atoms with Crippen LogP contribution in [0.2, 0.25) is 0 Å². The molecule has 2 nitrogen and oxygen atoms in total. The number of pyridine rings is 1. The fraction of sp³-hybridized carbons (Fsp3) is 0.233. The summed E-state index contributed by atoms with van der Waals surface area (Å²) in [5, 5.41) is 4.12. The summed E-state index contributed by atoms with van der Waals surface area (Å²) in [7, 11) is 0.